The predicted octanol–water partition coefficient (Wildman–Crippen LogP) is 1.35. The lowest BCUT2D eigenvalue weighted by Crippen LogP contribution is -2.43. The van der Waals surface area contributed by atoms with E-state index in [0.717, 1.165) is 16.8 Å². The Kier molecular flexibility index (Phi) is 4.26. The molecule has 112 valence electrons. The summed E-state index contributed by atoms with van der Waals surface area (Å²) in [7, 11) is -2.55. The fraction of sp³-hybridized carbons (Fsp3) is 0.500. The van der Waals surface area contributed by atoms with Gasteiger partial charge in [0.25, 0.3) is 0 Å². The molecule has 20 heavy (non-hydrogen) atoms. The molecule has 1 aromatic carbocycles. The van der Waals surface area contributed by atoms with Crippen molar-refractivity contribution in [2.45, 2.75) is 23.8 Å². The minimum atomic E-state index is -4.04. The lowest BCUT2D eigenvalue weighted by atomic mass is 10.1. The van der Waals surface area contributed by atoms with Crippen molar-refractivity contribution in [1.29, 1.82) is 0 Å². The fourth-order valence-electron chi connectivity index (χ4n) is 2.20. The van der Waals surface area contributed by atoms with Crippen molar-refractivity contribution in [3.8, 4) is 0 Å². The summed E-state index contributed by atoms with van der Waals surface area (Å²) in [4.78, 5) is -0.604. The first-order valence-electron chi connectivity index (χ1n) is 6.13. The van der Waals surface area contributed by atoms with Crippen LogP contribution in [0.15, 0.2) is 17.0 Å². The van der Waals surface area contributed by atoms with Crippen molar-refractivity contribution in [3.05, 3.63) is 23.8 Å². The highest BCUT2D eigenvalue weighted by Gasteiger charge is 2.32. The zero-order chi connectivity index (χ0) is 14.9. The van der Waals surface area contributed by atoms with Gasteiger partial charge in [-0.25, -0.2) is 17.2 Å². The van der Waals surface area contributed by atoms with Gasteiger partial charge in [-0.2, -0.15) is 4.31 Å². The van der Waals surface area contributed by atoms with Gasteiger partial charge in [-0.05, 0) is 18.9 Å². The topological polar surface area (TPSA) is 72.6 Å². The SMILES string of the molecule is COC1CCCN(S(=O)(=O)c2cc(N)c(F)cc2F)C1. The second-order valence-corrected chi connectivity index (χ2v) is 6.57. The van der Waals surface area contributed by atoms with Crippen LogP contribution in [0, 0.1) is 11.6 Å². The maximum absolute atomic E-state index is 13.7. The number of hydrogen-bond donors (Lipinski definition) is 1. The summed E-state index contributed by atoms with van der Waals surface area (Å²) < 4.78 is 57.9. The number of benzene rings is 1. The van der Waals surface area contributed by atoms with Gasteiger partial charge in [-0.1, -0.05) is 0 Å². The number of hydrogen-bond acceptors (Lipinski definition) is 4. The number of nitrogens with two attached hydrogens (primary N) is 1. The number of nitrogens with zero attached hydrogens (tertiary/aromatic N) is 1. The molecule has 0 bridgehead atoms. The van der Waals surface area contributed by atoms with Crippen LogP contribution in [0.5, 0.6) is 0 Å². The largest absolute Gasteiger partial charge is 0.396 e. The number of anilines is 1. The standard InChI is InChI=1S/C12H16F2N2O3S/c1-19-8-3-2-4-16(7-8)20(17,18)12-6-11(15)9(13)5-10(12)14/h5-6,8H,2-4,7,15H2,1H3. The molecule has 2 rings (SSSR count). The Morgan fingerprint density at radius 2 is 2.05 bits per heavy atom. The Morgan fingerprint density at radius 1 is 1.35 bits per heavy atom. The molecule has 0 radical (unpaired) electrons. The Labute approximate surface area is 116 Å². The van der Waals surface area contributed by atoms with Gasteiger partial charge in [0.15, 0.2) is 0 Å². The van der Waals surface area contributed by atoms with E-state index < -0.39 is 32.2 Å². The van der Waals surface area contributed by atoms with E-state index in [0.29, 0.717) is 12.5 Å². The van der Waals surface area contributed by atoms with Crippen LogP contribution in [0.4, 0.5) is 14.5 Å². The van der Waals surface area contributed by atoms with E-state index in [1.807, 2.05) is 0 Å². The summed E-state index contributed by atoms with van der Waals surface area (Å²) in [5.74, 6) is -2.12. The van der Waals surface area contributed by atoms with Crippen molar-refractivity contribution in [2.75, 3.05) is 25.9 Å². The van der Waals surface area contributed by atoms with Crippen LogP contribution in [0.25, 0.3) is 0 Å². The maximum atomic E-state index is 13.7. The van der Waals surface area contributed by atoms with E-state index in [-0.39, 0.29) is 19.2 Å². The lowest BCUT2D eigenvalue weighted by molar-refractivity contribution is 0.0571. The molecule has 1 heterocycles. The molecule has 0 aliphatic carbocycles. The molecular weight excluding hydrogens is 290 g/mol. The van der Waals surface area contributed by atoms with Gasteiger partial charge in [0, 0.05) is 26.3 Å². The van der Waals surface area contributed by atoms with Gasteiger partial charge >= 0.3 is 0 Å². The summed E-state index contributed by atoms with van der Waals surface area (Å²) >= 11 is 0. The van der Waals surface area contributed by atoms with E-state index in [9.17, 15) is 17.2 Å². The molecule has 0 amide bonds. The van der Waals surface area contributed by atoms with E-state index in [1.54, 1.807) is 0 Å². The van der Waals surface area contributed by atoms with Crippen LogP contribution in [0.1, 0.15) is 12.8 Å². The first kappa shape index (κ1) is 15.1. The number of sulfonamides is 1. The molecule has 1 fully saturated rings. The highest BCUT2D eigenvalue weighted by Crippen LogP contribution is 2.26. The summed E-state index contributed by atoms with van der Waals surface area (Å²) in [6.45, 7) is 0.425. The highest BCUT2D eigenvalue weighted by atomic mass is 32.2. The number of methoxy groups -OCH3 is 1. The zero-order valence-electron chi connectivity index (χ0n) is 11.0. The van der Waals surface area contributed by atoms with E-state index in [1.165, 1.54) is 7.11 Å². The molecule has 8 heteroatoms. The molecule has 0 saturated carbocycles. The maximum Gasteiger partial charge on any atom is 0.246 e. The zero-order valence-corrected chi connectivity index (χ0v) is 11.8. The molecule has 0 aromatic heterocycles. The second kappa shape index (κ2) is 5.63. The summed E-state index contributed by atoms with van der Waals surface area (Å²) in [5, 5.41) is 0. The van der Waals surface area contributed by atoms with Crippen LogP contribution in [-0.4, -0.2) is 39.0 Å². The molecular formula is C12H16F2N2O3S. The van der Waals surface area contributed by atoms with Gasteiger partial charge in [-0.3, -0.25) is 0 Å². The van der Waals surface area contributed by atoms with Crippen molar-refractivity contribution in [3.63, 3.8) is 0 Å². The Hall–Kier alpha value is -1.25. The molecule has 0 spiro atoms. The first-order valence-corrected chi connectivity index (χ1v) is 7.57. The average molecular weight is 306 g/mol. The molecule has 1 aromatic rings. The third-order valence-electron chi connectivity index (χ3n) is 3.34. The van der Waals surface area contributed by atoms with Gasteiger partial charge in [0.1, 0.15) is 16.5 Å². The van der Waals surface area contributed by atoms with Gasteiger partial charge in [0.05, 0.1) is 11.8 Å². The fourth-order valence-corrected chi connectivity index (χ4v) is 3.79. The Balaban J connectivity index is 2.37. The summed E-state index contributed by atoms with van der Waals surface area (Å²) in [5.41, 5.74) is 4.92. The van der Waals surface area contributed by atoms with Crippen molar-refractivity contribution >= 4 is 15.7 Å². The minimum Gasteiger partial charge on any atom is -0.396 e. The van der Waals surface area contributed by atoms with Gasteiger partial charge in [-0.15, -0.1) is 0 Å². The lowest BCUT2D eigenvalue weighted by Gasteiger charge is -2.31. The molecule has 1 aliphatic rings. The van der Waals surface area contributed by atoms with Crippen LogP contribution in [0.2, 0.25) is 0 Å². The van der Waals surface area contributed by atoms with Crippen LogP contribution in [0.3, 0.4) is 0 Å². The van der Waals surface area contributed by atoms with Crippen molar-refractivity contribution in [1.82, 2.24) is 4.31 Å². The predicted molar refractivity (Wildman–Crippen MR) is 69.6 cm³/mol. The quantitative estimate of drug-likeness (QED) is 0.856. The van der Waals surface area contributed by atoms with Crippen LogP contribution < -0.4 is 5.73 Å². The molecule has 5 nitrogen and oxygen atoms in total. The Bertz CT molecular complexity index is 607. The average Bonchev–Trinajstić information content (AvgIpc) is 2.42. The number of piperidine rings is 1. The Morgan fingerprint density at radius 3 is 2.70 bits per heavy atom. The molecule has 1 aliphatic heterocycles. The van der Waals surface area contributed by atoms with Crippen molar-refractivity contribution in [2.24, 2.45) is 0 Å². The first-order chi connectivity index (χ1) is 9.36. The smallest absolute Gasteiger partial charge is 0.246 e. The van der Waals surface area contributed by atoms with E-state index in [4.69, 9.17) is 10.5 Å². The third kappa shape index (κ3) is 2.77. The van der Waals surface area contributed by atoms with Crippen LogP contribution in [-0.2, 0) is 14.8 Å². The highest BCUT2D eigenvalue weighted by molar-refractivity contribution is 7.89. The van der Waals surface area contributed by atoms with E-state index in [2.05, 4.69) is 0 Å². The molecule has 1 atom stereocenters. The number of rotatable bonds is 3. The number of halogens is 2. The number of nitrogen functional groups attached to an aromatic ring is 1. The number of ether oxygens (including phenoxy) is 1. The second-order valence-electron chi connectivity index (χ2n) is 4.67. The molecule has 1 unspecified atom stereocenters. The van der Waals surface area contributed by atoms with Crippen LogP contribution >= 0.6 is 0 Å². The monoisotopic (exact) mass is 306 g/mol. The molecule has 2 N–H and O–H groups in total. The normalized spacial score (nSPS) is 21.1. The van der Waals surface area contributed by atoms with E-state index >= 15 is 0 Å². The molecule has 1 saturated heterocycles. The van der Waals surface area contributed by atoms with Crippen molar-refractivity contribution < 1.29 is 21.9 Å². The van der Waals surface area contributed by atoms with Gasteiger partial charge in [0.2, 0.25) is 10.0 Å². The minimum absolute atomic E-state index is 0.148. The summed E-state index contributed by atoms with van der Waals surface area (Å²) in [6.07, 6.45) is 1.14. The van der Waals surface area contributed by atoms with Gasteiger partial charge < -0.3 is 10.5 Å². The third-order valence-corrected chi connectivity index (χ3v) is 5.22. The summed E-state index contributed by atoms with van der Waals surface area (Å²) in [6, 6.07) is 1.30.